The van der Waals surface area contributed by atoms with Crippen molar-refractivity contribution < 1.29 is 17.6 Å². The average molecular weight is 495 g/mol. The van der Waals surface area contributed by atoms with Crippen LogP contribution in [0.15, 0.2) is 54.9 Å². The highest BCUT2D eigenvalue weighted by Gasteiger charge is 2.13. The minimum atomic E-state index is -1.49. The quantitative estimate of drug-likeness (QED) is 0.120. The van der Waals surface area contributed by atoms with E-state index in [0.717, 1.165) is 48.2 Å². The monoisotopic (exact) mass is 494 g/mol. The Hall–Kier alpha value is -3.28. The summed E-state index contributed by atoms with van der Waals surface area (Å²) in [6.45, 7) is 2.20. The Balaban J connectivity index is 1.37. The molecule has 0 amide bonds. The Bertz CT molecular complexity index is 1300. The highest BCUT2D eigenvalue weighted by atomic mass is 19.2. The molecular formula is C30H30F4N2. The second-order valence-corrected chi connectivity index (χ2v) is 9.29. The van der Waals surface area contributed by atoms with Gasteiger partial charge >= 0.3 is 0 Å². The molecule has 0 saturated carbocycles. The molecule has 6 heteroatoms. The lowest BCUT2D eigenvalue weighted by Crippen LogP contribution is -2.00. The summed E-state index contributed by atoms with van der Waals surface area (Å²) in [7, 11) is 0. The summed E-state index contributed by atoms with van der Waals surface area (Å²) >= 11 is 0. The van der Waals surface area contributed by atoms with Crippen LogP contribution in [0.5, 0.6) is 0 Å². The maximum atomic E-state index is 15.1. The lowest BCUT2D eigenvalue weighted by Gasteiger charge is -2.09. The molecule has 0 atom stereocenters. The summed E-state index contributed by atoms with van der Waals surface area (Å²) in [4.78, 5) is 9.01. The molecule has 188 valence electrons. The van der Waals surface area contributed by atoms with Crippen LogP contribution in [0.3, 0.4) is 0 Å². The molecule has 0 aliphatic rings. The lowest BCUT2D eigenvalue weighted by molar-refractivity contribution is 0.445. The van der Waals surface area contributed by atoms with E-state index in [2.05, 4.69) is 16.9 Å². The molecule has 0 unspecified atom stereocenters. The van der Waals surface area contributed by atoms with Gasteiger partial charge in [-0.2, -0.15) is 0 Å². The maximum Gasteiger partial charge on any atom is 0.194 e. The number of nitrogens with zero attached hydrogens (tertiary/aromatic N) is 2. The van der Waals surface area contributed by atoms with Crippen molar-refractivity contribution >= 4 is 10.8 Å². The summed E-state index contributed by atoms with van der Waals surface area (Å²) in [5, 5.41) is 1.28. The van der Waals surface area contributed by atoms with Gasteiger partial charge in [0.05, 0.1) is 0 Å². The van der Waals surface area contributed by atoms with Crippen LogP contribution < -0.4 is 0 Å². The summed E-state index contributed by atoms with van der Waals surface area (Å²) < 4.78 is 55.2. The SMILES string of the molecule is CCCCCCc1cnc(CCc2ccc3c(F)c(CCc4cc(F)c(F)c(F)c4)ccc3c2)nc1. The second kappa shape index (κ2) is 12.1. The van der Waals surface area contributed by atoms with Crippen LogP contribution in [-0.4, -0.2) is 9.97 Å². The number of halogens is 4. The molecule has 1 aromatic heterocycles. The van der Waals surface area contributed by atoms with E-state index in [0.29, 0.717) is 17.4 Å². The fourth-order valence-corrected chi connectivity index (χ4v) is 4.42. The number of hydrogen-bond donors (Lipinski definition) is 0. The van der Waals surface area contributed by atoms with Crippen LogP contribution in [0.4, 0.5) is 17.6 Å². The van der Waals surface area contributed by atoms with Gasteiger partial charge in [-0.15, -0.1) is 0 Å². The molecule has 0 aliphatic carbocycles. The minimum Gasteiger partial charge on any atom is -0.241 e. The number of unbranched alkanes of at least 4 members (excludes halogenated alkanes) is 3. The molecule has 0 saturated heterocycles. The fraction of sp³-hybridized carbons (Fsp3) is 0.333. The summed E-state index contributed by atoms with van der Waals surface area (Å²) in [5.74, 6) is -3.52. The van der Waals surface area contributed by atoms with Gasteiger partial charge in [-0.1, -0.05) is 56.5 Å². The maximum absolute atomic E-state index is 15.1. The first-order valence-electron chi connectivity index (χ1n) is 12.6. The predicted octanol–water partition coefficient (Wildman–Crippen LogP) is 7.88. The van der Waals surface area contributed by atoms with E-state index in [1.807, 2.05) is 30.6 Å². The van der Waals surface area contributed by atoms with Crippen molar-refractivity contribution in [3.8, 4) is 0 Å². The third-order valence-corrected chi connectivity index (χ3v) is 6.54. The zero-order valence-corrected chi connectivity index (χ0v) is 20.5. The normalized spacial score (nSPS) is 11.4. The molecule has 0 aliphatic heterocycles. The lowest BCUT2D eigenvalue weighted by atomic mass is 9.98. The molecule has 0 bridgehead atoms. The van der Waals surface area contributed by atoms with E-state index >= 15 is 4.39 Å². The number of aromatic nitrogens is 2. The molecule has 4 rings (SSSR count). The number of benzene rings is 3. The van der Waals surface area contributed by atoms with Crippen LogP contribution in [0.1, 0.15) is 60.7 Å². The van der Waals surface area contributed by atoms with Crippen molar-refractivity contribution in [2.75, 3.05) is 0 Å². The molecule has 0 spiro atoms. The van der Waals surface area contributed by atoms with Gasteiger partial charge in [-0.25, -0.2) is 27.5 Å². The van der Waals surface area contributed by atoms with E-state index < -0.39 is 17.5 Å². The molecule has 4 aromatic rings. The summed E-state index contributed by atoms with van der Waals surface area (Å²) in [6, 6.07) is 11.1. The van der Waals surface area contributed by atoms with Gasteiger partial charge in [0.15, 0.2) is 17.5 Å². The van der Waals surface area contributed by atoms with Crippen molar-refractivity contribution in [2.45, 2.75) is 64.7 Å². The Morgan fingerprint density at radius 3 is 2.06 bits per heavy atom. The van der Waals surface area contributed by atoms with Crippen molar-refractivity contribution in [1.29, 1.82) is 0 Å². The zero-order valence-electron chi connectivity index (χ0n) is 20.5. The van der Waals surface area contributed by atoms with Crippen molar-refractivity contribution in [3.05, 3.63) is 106 Å². The first-order valence-corrected chi connectivity index (χ1v) is 12.6. The van der Waals surface area contributed by atoms with Crippen LogP contribution in [0, 0.1) is 23.3 Å². The zero-order chi connectivity index (χ0) is 25.5. The van der Waals surface area contributed by atoms with Gasteiger partial charge in [-0.3, -0.25) is 0 Å². The van der Waals surface area contributed by atoms with Gasteiger partial charge in [0.25, 0.3) is 0 Å². The Kier molecular flexibility index (Phi) is 8.68. The summed E-state index contributed by atoms with van der Waals surface area (Å²) in [6.07, 6.45) is 11.6. The van der Waals surface area contributed by atoms with Gasteiger partial charge < -0.3 is 0 Å². The molecule has 0 N–H and O–H groups in total. The van der Waals surface area contributed by atoms with Crippen molar-refractivity contribution in [1.82, 2.24) is 9.97 Å². The number of aryl methyl sites for hydroxylation is 5. The standard InChI is InChI=1S/C30H30F4N2/c1-2-3-4-5-6-22-18-35-28(36-19-22)14-9-20-8-13-25-24(15-20)12-11-23(29(25)33)10-7-21-16-26(31)30(34)27(32)17-21/h8,11-13,15-19H,2-7,9-10,14H2,1H3. The van der Waals surface area contributed by atoms with Crippen molar-refractivity contribution in [2.24, 2.45) is 0 Å². The Morgan fingerprint density at radius 1 is 0.611 bits per heavy atom. The van der Waals surface area contributed by atoms with Crippen molar-refractivity contribution in [3.63, 3.8) is 0 Å². The van der Waals surface area contributed by atoms with Crippen LogP contribution in [0.25, 0.3) is 10.8 Å². The van der Waals surface area contributed by atoms with E-state index in [9.17, 15) is 13.2 Å². The Labute approximate surface area is 209 Å². The molecule has 0 fully saturated rings. The van der Waals surface area contributed by atoms with Gasteiger partial charge in [0, 0.05) is 24.2 Å². The molecule has 1 heterocycles. The van der Waals surface area contributed by atoms with E-state index in [1.54, 1.807) is 12.1 Å². The molecule has 0 radical (unpaired) electrons. The first kappa shape index (κ1) is 25.8. The van der Waals surface area contributed by atoms with Crippen LogP contribution in [-0.2, 0) is 32.1 Å². The molecule has 3 aromatic carbocycles. The number of rotatable bonds is 11. The second-order valence-electron chi connectivity index (χ2n) is 9.29. The molecule has 2 nitrogen and oxygen atoms in total. The average Bonchev–Trinajstić information content (AvgIpc) is 2.88. The van der Waals surface area contributed by atoms with E-state index in [1.165, 1.54) is 24.8 Å². The highest BCUT2D eigenvalue weighted by Crippen LogP contribution is 2.25. The van der Waals surface area contributed by atoms with E-state index in [4.69, 9.17) is 0 Å². The minimum absolute atomic E-state index is 0.201. The smallest absolute Gasteiger partial charge is 0.194 e. The van der Waals surface area contributed by atoms with Crippen LogP contribution >= 0.6 is 0 Å². The van der Waals surface area contributed by atoms with Gasteiger partial charge in [0.2, 0.25) is 0 Å². The van der Waals surface area contributed by atoms with Gasteiger partial charge in [-0.05, 0) is 71.9 Å². The first-order chi connectivity index (χ1) is 17.4. The highest BCUT2D eigenvalue weighted by molar-refractivity contribution is 5.84. The van der Waals surface area contributed by atoms with Crippen LogP contribution in [0.2, 0.25) is 0 Å². The number of fused-ring (bicyclic) bond motifs is 1. The Morgan fingerprint density at radius 2 is 1.33 bits per heavy atom. The topological polar surface area (TPSA) is 25.8 Å². The van der Waals surface area contributed by atoms with Gasteiger partial charge in [0.1, 0.15) is 11.6 Å². The fourth-order valence-electron chi connectivity index (χ4n) is 4.42. The third-order valence-electron chi connectivity index (χ3n) is 6.54. The largest absolute Gasteiger partial charge is 0.241 e. The van der Waals surface area contributed by atoms with E-state index in [-0.39, 0.29) is 24.2 Å². The third kappa shape index (κ3) is 6.48. The summed E-state index contributed by atoms with van der Waals surface area (Å²) in [5.41, 5.74) is 2.97. The molecular weight excluding hydrogens is 464 g/mol. The number of hydrogen-bond acceptors (Lipinski definition) is 2. The molecule has 36 heavy (non-hydrogen) atoms. The predicted molar refractivity (Wildman–Crippen MR) is 135 cm³/mol.